The van der Waals surface area contributed by atoms with E-state index in [-0.39, 0.29) is 0 Å². The van der Waals surface area contributed by atoms with Crippen LogP contribution in [0.15, 0.2) is 18.3 Å². The van der Waals surface area contributed by atoms with Gasteiger partial charge >= 0.3 is 0 Å². The first kappa shape index (κ1) is 10.2. The molecule has 1 fully saturated rings. The maximum atomic E-state index is 5.34. The Kier molecular flexibility index (Phi) is 2.52. The highest BCUT2D eigenvalue weighted by Crippen LogP contribution is 2.32. The van der Waals surface area contributed by atoms with Gasteiger partial charge < -0.3 is 10.3 Å². The number of hydrogen-bond acceptors (Lipinski definition) is 4. The normalized spacial score (nSPS) is 19.3. The molecule has 4 heteroatoms. The van der Waals surface area contributed by atoms with Crippen molar-refractivity contribution in [2.75, 3.05) is 23.4 Å². The molecule has 0 unspecified atom stereocenters. The molecule has 0 bridgehead atoms. The van der Waals surface area contributed by atoms with E-state index in [0.29, 0.717) is 5.41 Å². The first-order valence-electron chi connectivity index (χ1n) is 5.28. The van der Waals surface area contributed by atoms with E-state index < -0.39 is 0 Å². The summed E-state index contributed by atoms with van der Waals surface area (Å²) in [6, 6.07) is 4.02. The Balaban J connectivity index is 2.16. The van der Waals surface area contributed by atoms with Gasteiger partial charge in [-0.1, -0.05) is 13.8 Å². The molecular weight excluding hydrogens is 188 g/mol. The van der Waals surface area contributed by atoms with Gasteiger partial charge in [0.15, 0.2) is 0 Å². The highest BCUT2D eigenvalue weighted by atomic mass is 15.3. The van der Waals surface area contributed by atoms with Gasteiger partial charge in [0, 0.05) is 31.0 Å². The Bertz CT molecular complexity index is 348. The minimum atomic E-state index is 0.416. The lowest BCUT2D eigenvalue weighted by atomic mass is 9.93. The summed E-state index contributed by atoms with van der Waals surface area (Å²) < 4.78 is 0. The first-order chi connectivity index (χ1) is 7.11. The highest BCUT2D eigenvalue weighted by molar-refractivity contribution is 5.54. The number of hydrogen-bond donors (Lipinski definition) is 2. The topological polar surface area (TPSA) is 54.2 Å². The number of nitrogens with one attached hydrogen (secondary N) is 1. The molecule has 2 rings (SSSR count). The van der Waals surface area contributed by atoms with Gasteiger partial charge in [-0.3, -0.25) is 0 Å². The Morgan fingerprint density at radius 3 is 2.93 bits per heavy atom. The largest absolute Gasteiger partial charge is 0.371 e. The molecule has 1 aliphatic rings. The maximum Gasteiger partial charge on any atom is 0.141 e. The summed E-state index contributed by atoms with van der Waals surface area (Å²) in [7, 11) is 0. The number of aromatic nitrogens is 1. The standard InChI is InChI=1S/C11H18N4/c1-11(2)4-6-15(8-11)9-3-5-13-10(7-9)14-12/h3,5,7H,4,6,8,12H2,1-2H3,(H,13,14). The van der Waals surface area contributed by atoms with E-state index in [1.807, 2.05) is 12.1 Å². The van der Waals surface area contributed by atoms with Gasteiger partial charge in [-0.2, -0.15) is 0 Å². The summed E-state index contributed by atoms with van der Waals surface area (Å²) in [6.45, 7) is 6.81. The lowest BCUT2D eigenvalue weighted by molar-refractivity contribution is 0.418. The lowest BCUT2D eigenvalue weighted by Gasteiger charge is -2.21. The Hall–Kier alpha value is -1.29. The first-order valence-corrected chi connectivity index (χ1v) is 5.28. The second-order valence-electron chi connectivity index (χ2n) is 4.88. The number of rotatable bonds is 2. The minimum absolute atomic E-state index is 0.416. The zero-order valence-corrected chi connectivity index (χ0v) is 9.33. The quantitative estimate of drug-likeness (QED) is 0.570. The predicted molar refractivity (Wildman–Crippen MR) is 62.7 cm³/mol. The van der Waals surface area contributed by atoms with Crippen molar-refractivity contribution in [3.05, 3.63) is 18.3 Å². The third-order valence-electron chi connectivity index (χ3n) is 2.93. The SMILES string of the molecule is CC1(C)CCN(c2ccnc(NN)c2)C1. The van der Waals surface area contributed by atoms with Crippen LogP contribution in [0.1, 0.15) is 20.3 Å². The van der Waals surface area contributed by atoms with Crippen LogP contribution in [0, 0.1) is 5.41 Å². The van der Waals surface area contributed by atoms with Gasteiger partial charge in [0.25, 0.3) is 0 Å². The van der Waals surface area contributed by atoms with Crippen LogP contribution in [0.2, 0.25) is 0 Å². The molecular formula is C11H18N4. The van der Waals surface area contributed by atoms with Crippen molar-refractivity contribution in [2.45, 2.75) is 20.3 Å². The van der Waals surface area contributed by atoms with E-state index in [1.54, 1.807) is 6.20 Å². The number of nitrogens with two attached hydrogens (primary N) is 1. The fraction of sp³-hybridized carbons (Fsp3) is 0.545. The minimum Gasteiger partial charge on any atom is -0.371 e. The van der Waals surface area contributed by atoms with Gasteiger partial charge in [0.2, 0.25) is 0 Å². The summed E-state index contributed by atoms with van der Waals surface area (Å²) in [4.78, 5) is 6.48. The fourth-order valence-corrected chi connectivity index (χ4v) is 2.03. The van der Waals surface area contributed by atoms with Crippen LogP contribution in [-0.2, 0) is 0 Å². The van der Waals surface area contributed by atoms with Crippen LogP contribution in [0.5, 0.6) is 0 Å². The summed E-state index contributed by atoms with van der Waals surface area (Å²) in [5.41, 5.74) is 4.19. The predicted octanol–water partition coefficient (Wildman–Crippen LogP) is 1.60. The molecule has 0 atom stereocenters. The van der Waals surface area contributed by atoms with Crippen LogP contribution in [-0.4, -0.2) is 18.1 Å². The summed E-state index contributed by atoms with van der Waals surface area (Å²) in [5.74, 6) is 6.06. The fourth-order valence-electron chi connectivity index (χ4n) is 2.03. The molecule has 0 aliphatic carbocycles. The van der Waals surface area contributed by atoms with Gasteiger partial charge in [-0.25, -0.2) is 10.8 Å². The Morgan fingerprint density at radius 1 is 1.53 bits per heavy atom. The summed E-state index contributed by atoms with van der Waals surface area (Å²) in [5, 5.41) is 0. The van der Waals surface area contributed by atoms with E-state index in [4.69, 9.17) is 5.84 Å². The number of nitrogens with zero attached hydrogens (tertiary/aromatic N) is 2. The number of anilines is 2. The van der Waals surface area contributed by atoms with Crippen molar-refractivity contribution in [2.24, 2.45) is 11.3 Å². The van der Waals surface area contributed by atoms with E-state index in [9.17, 15) is 0 Å². The second kappa shape index (κ2) is 3.70. The molecule has 15 heavy (non-hydrogen) atoms. The Morgan fingerprint density at radius 2 is 2.33 bits per heavy atom. The molecule has 0 saturated carbocycles. The second-order valence-corrected chi connectivity index (χ2v) is 4.88. The van der Waals surface area contributed by atoms with Gasteiger partial charge in [-0.05, 0) is 17.9 Å². The molecule has 0 amide bonds. The Labute approximate surface area is 90.5 Å². The molecule has 1 aromatic heterocycles. The maximum absolute atomic E-state index is 5.34. The van der Waals surface area contributed by atoms with E-state index >= 15 is 0 Å². The number of hydrazine groups is 1. The van der Waals surface area contributed by atoms with Crippen LogP contribution >= 0.6 is 0 Å². The average Bonchev–Trinajstić information content (AvgIpc) is 2.59. The van der Waals surface area contributed by atoms with Crippen molar-refractivity contribution < 1.29 is 0 Å². The number of pyridine rings is 1. The van der Waals surface area contributed by atoms with Crippen molar-refractivity contribution in [1.82, 2.24) is 4.98 Å². The third-order valence-corrected chi connectivity index (χ3v) is 2.93. The zero-order chi connectivity index (χ0) is 10.9. The van der Waals surface area contributed by atoms with E-state index in [1.165, 1.54) is 12.1 Å². The van der Waals surface area contributed by atoms with Crippen molar-refractivity contribution in [3.63, 3.8) is 0 Å². The molecule has 82 valence electrons. The zero-order valence-electron chi connectivity index (χ0n) is 9.33. The average molecular weight is 206 g/mol. The number of nitrogen functional groups attached to an aromatic ring is 1. The highest BCUT2D eigenvalue weighted by Gasteiger charge is 2.29. The van der Waals surface area contributed by atoms with Crippen LogP contribution in [0.4, 0.5) is 11.5 Å². The third kappa shape index (κ3) is 2.21. The molecule has 4 nitrogen and oxygen atoms in total. The molecule has 0 aromatic carbocycles. The molecule has 3 N–H and O–H groups in total. The van der Waals surface area contributed by atoms with E-state index in [2.05, 4.69) is 29.2 Å². The molecule has 1 aromatic rings. The van der Waals surface area contributed by atoms with Crippen LogP contribution in [0.25, 0.3) is 0 Å². The summed E-state index contributed by atoms with van der Waals surface area (Å²) in [6.07, 6.45) is 3.02. The smallest absolute Gasteiger partial charge is 0.141 e. The van der Waals surface area contributed by atoms with Gasteiger partial charge in [-0.15, -0.1) is 0 Å². The molecule has 2 heterocycles. The molecule has 1 aliphatic heterocycles. The summed E-state index contributed by atoms with van der Waals surface area (Å²) >= 11 is 0. The van der Waals surface area contributed by atoms with E-state index in [0.717, 1.165) is 18.9 Å². The monoisotopic (exact) mass is 206 g/mol. The lowest BCUT2D eigenvalue weighted by Crippen LogP contribution is -2.23. The van der Waals surface area contributed by atoms with Gasteiger partial charge in [0.1, 0.15) is 5.82 Å². The van der Waals surface area contributed by atoms with Gasteiger partial charge in [0.05, 0.1) is 0 Å². The van der Waals surface area contributed by atoms with Crippen LogP contribution in [0.3, 0.4) is 0 Å². The van der Waals surface area contributed by atoms with Crippen molar-refractivity contribution >= 4 is 11.5 Å². The van der Waals surface area contributed by atoms with Crippen LogP contribution < -0.4 is 16.2 Å². The van der Waals surface area contributed by atoms with Crippen molar-refractivity contribution in [3.8, 4) is 0 Å². The molecule has 0 radical (unpaired) electrons. The molecule has 0 spiro atoms. The molecule has 1 saturated heterocycles. The van der Waals surface area contributed by atoms with Crippen molar-refractivity contribution in [1.29, 1.82) is 0 Å².